The van der Waals surface area contributed by atoms with Gasteiger partial charge in [-0.15, -0.1) is 12.4 Å². The fourth-order valence-electron chi connectivity index (χ4n) is 3.04. The summed E-state index contributed by atoms with van der Waals surface area (Å²) in [7, 11) is 2.29. The molecule has 18 heavy (non-hydrogen) atoms. The number of hydrogen-bond acceptors (Lipinski definition) is 3. The van der Waals surface area contributed by atoms with Crippen molar-refractivity contribution in [2.45, 2.75) is 38.6 Å². The van der Waals surface area contributed by atoms with E-state index in [1.807, 2.05) is 0 Å². The van der Waals surface area contributed by atoms with Gasteiger partial charge in [0.2, 0.25) is 0 Å². The molecular weight excluding hydrogens is 246 g/mol. The molecule has 0 radical (unpaired) electrons. The third-order valence-electron chi connectivity index (χ3n) is 3.84. The van der Waals surface area contributed by atoms with E-state index in [1.165, 1.54) is 45.4 Å². The van der Waals surface area contributed by atoms with E-state index in [2.05, 4.69) is 30.7 Å². The highest BCUT2D eigenvalue weighted by Crippen LogP contribution is 2.30. The zero-order valence-electron chi connectivity index (χ0n) is 12.2. The molecule has 2 rings (SSSR count). The van der Waals surface area contributed by atoms with Gasteiger partial charge in [0.15, 0.2) is 0 Å². The van der Waals surface area contributed by atoms with Crippen LogP contribution in [0.1, 0.15) is 33.1 Å². The molecule has 2 fully saturated rings. The summed E-state index contributed by atoms with van der Waals surface area (Å²) < 4.78 is 0. The molecule has 2 aliphatic rings. The van der Waals surface area contributed by atoms with Crippen molar-refractivity contribution in [3.63, 3.8) is 0 Å². The van der Waals surface area contributed by atoms with Crippen molar-refractivity contribution in [2.75, 3.05) is 39.8 Å². The van der Waals surface area contributed by atoms with E-state index in [0.717, 1.165) is 18.4 Å². The second-order valence-corrected chi connectivity index (χ2v) is 7.04. The molecule has 0 spiro atoms. The molecule has 0 aromatic carbocycles. The molecule has 1 atom stereocenters. The van der Waals surface area contributed by atoms with Gasteiger partial charge >= 0.3 is 0 Å². The van der Waals surface area contributed by atoms with Gasteiger partial charge in [-0.2, -0.15) is 0 Å². The van der Waals surface area contributed by atoms with Crippen LogP contribution in [0.15, 0.2) is 0 Å². The highest BCUT2D eigenvalue weighted by Gasteiger charge is 2.28. The summed E-state index contributed by atoms with van der Waals surface area (Å²) in [5, 5.41) is 0. The first-order chi connectivity index (χ1) is 7.92. The van der Waals surface area contributed by atoms with Crippen LogP contribution in [-0.4, -0.2) is 55.1 Å². The lowest BCUT2D eigenvalue weighted by Gasteiger charge is -2.26. The number of rotatable bonds is 6. The molecule has 108 valence electrons. The average Bonchev–Trinajstić information content (AvgIpc) is 2.86. The van der Waals surface area contributed by atoms with Gasteiger partial charge in [-0.25, -0.2) is 0 Å². The molecular formula is C14H30ClN3. The van der Waals surface area contributed by atoms with Crippen LogP contribution >= 0.6 is 12.4 Å². The lowest BCUT2D eigenvalue weighted by atomic mass is 10.1. The van der Waals surface area contributed by atoms with Crippen molar-refractivity contribution in [1.29, 1.82) is 0 Å². The summed E-state index contributed by atoms with van der Waals surface area (Å²) in [4.78, 5) is 5.08. The minimum absolute atomic E-state index is 0. The van der Waals surface area contributed by atoms with E-state index in [4.69, 9.17) is 5.73 Å². The second-order valence-electron chi connectivity index (χ2n) is 7.04. The van der Waals surface area contributed by atoms with Crippen molar-refractivity contribution in [1.82, 2.24) is 9.80 Å². The predicted molar refractivity (Wildman–Crippen MR) is 80.3 cm³/mol. The summed E-state index contributed by atoms with van der Waals surface area (Å²) >= 11 is 0. The first-order valence-electron chi connectivity index (χ1n) is 7.12. The van der Waals surface area contributed by atoms with Gasteiger partial charge in [0.25, 0.3) is 0 Å². The summed E-state index contributed by atoms with van der Waals surface area (Å²) in [6.07, 6.45) is 4.27. The van der Waals surface area contributed by atoms with Gasteiger partial charge in [-0.05, 0) is 58.5 Å². The molecule has 1 aliphatic carbocycles. The summed E-state index contributed by atoms with van der Waals surface area (Å²) in [5.74, 6) is 1.88. The lowest BCUT2D eigenvalue weighted by Crippen LogP contribution is -2.44. The first-order valence-corrected chi connectivity index (χ1v) is 7.12. The van der Waals surface area contributed by atoms with Crippen LogP contribution in [-0.2, 0) is 0 Å². The molecule has 1 saturated heterocycles. The Bertz CT molecular complexity index is 248. The SMILES string of the molecule is CN(CC1CC1)CC1CCN(CC(C)(C)N)C1.Cl. The molecule has 1 saturated carbocycles. The van der Waals surface area contributed by atoms with Crippen LogP contribution < -0.4 is 5.73 Å². The third-order valence-corrected chi connectivity index (χ3v) is 3.84. The van der Waals surface area contributed by atoms with E-state index in [0.29, 0.717) is 0 Å². The van der Waals surface area contributed by atoms with Crippen LogP contribution in [0.3, 0.4) is 0 Å². The minimum atomic E-state index is -0.0468. The van der Waals surface area contributed by atoms with Crippen LogP contribution in [0.5, 0.6) is 0 Å². The Kier molecular flexibility index (Phi) is 5.91. The predicted octanol–water partition coefficient (Wildman–Crippen LogP) is 1.81. The second kappa shape index (κ2) is 6.56. The Morgan fingerprint density at radius 3 is 2.33 bits per heavy atom. The summed E-state index contributed by atoms with van der Waals surface area (Å²) in [6.45, 7) is 10.4. The minimum Gasteiger partial charge on any atom is -0.324 e. The van der Waals surface area contributed by atoms with Gasteiger partial charge in [0.05, 0.1) is 0 Å². The van der Waals surface area contributed by atoms with Crippen LogP contribution in [0.25, 0.3) is 0 Å². The van der Waals surface area contributed by atoms with Gasteiger partial charge < -0.3 is 15.5 Å². The Labute approximate surface area is 118 Å². The lowest BCUT2D eigenvalue weighted by molar-refractivity contribution is 0.236. The van der Waals surface area contributed by atoms with Crippen LogP contribution in [0, 0.1) is 11.8 Å². The normalized spacial score (nSPS) is 25.5. The number of halogens is 1. The molecule has 4 heteroatoms. The number of likely N-dealkylation sites (tertiary alicyclic amines) is 1. The maximum Gasteiger partial charge on any atom is 0.0226 e. The number of nitrogens with zero attached hydrogens (tertiary/aromatic N) is 2. The topological polar surface area (TPSA) is 32.5 Å². The number of nitrogens with two attached hydrogens (primary N) is 1. The zero-order chi connectivity index (χ0) is 12.5. The van der Waals surface area contributed by atoms with Crippen molar-refractivity contribution in [3.8, 4) is 0 Å². The average molecular weight is 276 g/mol. The van der Waals surface area contributed by atoms with E-state index >= 15 is 0 Å². The maximum atomic E-state index is 6.08. The quantitative estimate of drug-likeness (QED) is 0.803. The van der Waals surface area contributed by atoms with E-state index in [1.54, 1.807) is 0 Å². The fourth-order valence-corrected chi connectivity index (χ4v) is 3.04. The highest BCUT2D eigenvalue weighted by atomic mass is 35.5. The molecule has 0 aromatic heterocycles. The zero-order valence-corrected chi connectivity index (χ0v) is 13.0. The van der Waals surface area contributed by atoms with Gasteiger partial charge in [-0.1, -0.05) is 0 Å². The fraction of sp³-hybridized carbons (Fsp3) is 1.00. The van der Waals surface area contributed by atoms with E-state index < -0.39 is 0 Å². The Morgan fingerprint density at radius 2 is 1.78 bits per heavy atom. The Morgan fingerprint density at radius 1 is 1.17 bits per heavy atom. The Balaban J connectivity index is 0.00000162. The maximum absolute atomic E-state index is 6.08. The summed E-state index contributed by atoms with van der Waals surface area (Å²) in [5.41, 5.74) is 6.04. The first kappa shape index (κ1) is 16.2. The summed E-state index contributed by atoms with van der Waals surface area (Å²) in [6, 6.07) is 0. The van der Waals surface area contributed by atoms with Crippen molar-refractivity contribution in [3.05, 3.63) is 0 Å². The molecule has 3 nitrogen and oxygen atoms in total. The molecule has 0 aromatic rings. The number of hydrogen-bond donors (Lipinski definition) is 1. The largest absolute Gasteiger partial charge is 0.324 e. The van der Waals surface area contributed by atoms with Gasteiger partial charge in [0.1, 0.15) is 0 Å². The molecule has 1 heterocycles. The standard InChI is InChI=1S/C14H29N3.ClH/c1-14(2,15)11-17-7-6-13(10-17)9-16(3)8-12-4-5-12;/h12-13H,4-11,15H2,1-3H3;1H. The molecule has 1 aliphatic heterocycles. The van der Waals surface area contributed by atoms with Gasteiger partial charge in [0, 0.05) is 31.7 Å². The van der Waals surface area contributed by atoms with Crippen molar-refractivity contribution in [2.24, 2.45) is 17.6 Å². The highest BCUT2D eigenvalue weighted by molar-refractivity contribution is 5.85. The molecule has 2 N–H and O–H groups in total. The van der Waals surface area contributed by atoms with E-state index in [-0.39, 0.29) is 17.9 Å². The Hall–Kier alpha value is 0.170. The van der Waals surface area contributed by atoms with Crippen molar-refractivity contribution >= 4 is 12.4 Å². The monoisotopic (exact) mass is 275 g/mol. The molecule has 0 bridgehead atoms. The van der Waals surface area contributed by atoms with E-state index in [9.17, 15) is 0 Å². The third kappa shape index (κ3) is 5.87. The van der Waals surface area contributed by atoms with Gasteiger partial charge in [-0.3, -0.25) is 0 Å². The van der Waals surface area contributed by atoms with Crippen molar-refractivity contribution < 1.29 is 0 Å². The smallest absolute Gasteiger partial charge is 0.0226 e. The molecule has 1 unspecified atom stereocenters. The molecule has 0 amide bonds. The van der Waals surface area contributed by atoms with Crippen LogP contribution in [0.4, 0.5) is 0 Å². The van der Waals surface area contributed by atoms with Crippen LogP contribution in [0.2, 0.25) is 0 Å².